The summed E-state index contributed by atoms with van der Waals surface area (Å²) in [7, 11) is 1.88. The van der Waals surface area contributed by atoms with Crippen molar-refractivity contribution in [3.63, 3.8) is 0 Å². The fourth-order valence-electron chi connectivity index (χ4n) is 2.99. The van der Waals surface area contributed by atoms with Gasteiger partial charge in [0.2, 0.25) is 0 Å². The van der Waals surface area contributed by atoms with Crippen LogP contribution in [0.5, 0.6) is 5.75 Å². The molecule has 1 amide bonds. The van der Waals surface area contributed by atoms with Crippen LogP contribution in [0.15, 0.2) is 42.9 Å². The lowest BCUT2D eigenvalue weighted by atomic mass is 10.1. The molecule has 1 aliphatic rings. The molecule has 0 spiro atoms. The van der Waals surface area contributed by atoms with Gasteiger partial charge >= 0.3 is 0 Å². The van der Waals surface area contributed by atoms with Crippen LogP contribution in [0.4, 0.5) is 0 Å². The minimum Gasteiger partial charge on any atom is -0.491 e. The number of rotatable bonds is 1. The molecule has 6 heteroatoms. The van der Waals surface area contributed by atoms with Crippen molar-refractivity contribution in [1.29, 1.82) is 0 Å². The molecule has 1 unspecified atom stereocenters. The lowest BCUT2D eigenvalue weighted by molar-refractivity contribution is 0.0645. The molecule has 1 aromatic carbocycles. The Morgan fingerprint density at radius 3 is 3.00 bits per heavy atom. The van der Waals surface area contributed by atoms with Gasteiger partial charge in [-0.1, -0.05) is 18.2 Å². The smallest absolute Gasteiger partial charge is 0.256 e. The molecule has 1 aliphatic heterocycles. The second-order valence-electron chi connectivity index (χ2n) is 6.12. The first-order chi connectivity index (χ1) is 11.6. The van der Waals surface area contributed by atoms with Gasteiger partial charge in [0, 0.05) is 18.8 Å². The fraction of sp³-hybridized carbons (Fsp3) is 0.278. The summed E-state index contributed by atoms with van der Waals surface area (Å²) in [6, 6.07) is 9.62. The molecule has 0 radical (unpaired) electrons. The zero-order chi connectivity index (χ0) is 16.7. The average molecular weight is 322 g/mol. The third kappa shape index (κ3) is 2.40. The molecular weight excluding hydrogens is 304 g/mol. The Balaban J connectivity index is 1.69. The predicted molar refractivity (Wildman–Crippen MR) is 89.8 cm³/mol. The summed E-state index contributed by atoms with van der Waals surface area (Å²) in [5, 5.41) is 0. The number of ether oxygens (including phenoxy) is 1. The van der Waals surface area contributed by atoms with Crippen LogP contribution in [0.3, 0.4) is 0 Å². The van der Waals surface area contributed by atoms with Crippen molar-refractivity contribution in [3.05, 3.63) is 54.0 Å². The third-order valence-corrected chi connectivity index (χ3v) is 4.38. The Hall–Kier alpha value is -2.89. The minimum absolute atomic E-state index is 0.0238. The van der Waals surface area contributed by atoms with E-state index in [2.05, 4.69) is 9.97 Å². The number of hydrogen-bond acceptors (Lipinski definition) is 4. The molecule has 0 N–H and O–H groups in total. The van der Waals surface area contributed by atoms with Gasteiger partial charge in [0.05, 0.1) is 24.5 Å². The number of nitrogens with zero attached hydrogens (tertiary/aromatic N) is 4. The minimum atomic E-state index is -0.0529. The molecule has 4 rings (SSSR count). The summed E-state index contributed by atoms with van der Waals surface area (Å²) in [6.07, 6.45) is 3.32. The zero-order valence-corrected chi connectivity index (χ0v) is 13.6. The van der Waals surface area contributed by atoms with Gasteiger partial charge in [-0.3, -0.25) is 4.79 Å². The molecule has 0 saturated carbocycles. The maximum Gasteiger partial charge on any atom is 0.256 e. The highest BCUT2D eigenvalue weighted by Crippen LogP contribution is 2.26. The number of benzene rings is 1. The highest BCUT2D eigenvalue weighted by atomic mass is 16.5. The summed E-state index contributed by atoms with van der Waals surface area (Å²) >= 11 is 0. The van der Waals surface area contributed by atoms with E-state index in [9.17, 15) is 4.79 Å². The number of pyridine rings is 1. The lowest BCUT2D eigenvalue weighted by Gasteiger charge is -2.26. The Kier molecular flexibility index (Phi) is 3.45. The Bertz CT molecular complexity index is 918. The maximum atomic E-state index is 13.0. The first kappa shape index (κ1) is 14.7. The first-order valence-electron chi connectivity index (χ1n) is 7.92. The molecule has 0 bridgehead atoms. The number of amides is 1. The van der Waals surface area contributed by atoms with E-state index in [0.717, 1.165) is 22.5 Å². The van der Waals surface area contributed by atoms with Crippen LogP contribution >= 0.6 is 0 Å². The first-order valence-corrected chi connectivity index (χ1v) is 7.92. The van der Waals surface area contributed by atoms with Gasteiger partial charge < -0.3 is 14.2 Å². The van der Waals surface area contributed by atoms with Crippen LogP contribution in [0.2, 0.25) is 0 Å². The van der Waals surface area contributed by atoms with Crippen LogP contribution in [-0.2, 0) is 13.6 Å². The molecular formula is C18H18N4O2. The topological polar surface area (TPSA) is 60.2 Å². The number of hydrogen-bond donors (Lipinski definition) is 0. The van der Waals surface area contributed by atoms with Crippen molar-refractivity contribution in [2.24, 2.45) is 7.05 Å². The summed E-state index contributed by atoms with van der Waals surface area (Å²) < 4.78 is 7.66. The third-order valence-electron chi connectivity index (χ3n) is 4.38. The number of carbonyl (C=O) groups is 1. The van der Waals surface area contributed by atoms with Crippen molar-refractivity contribution in [1.82, 2.24) is 19.4 Å². The monoisotopic (exact) mass is 322 g/mol. The van der Waals surface area contributed by atoms with Crippen LogP contribution in [0.1, 0.15) is 22.8 Å². The Morgan fingerprint density at radius 2 is 2.12 bits per heavy atom. The van der Waals surface area contributed by atoms with Gasteiger partial charge in [-0.25, -0.2) is 9.97 Å². The summed E-state index contributed by atoms with van der Waals surface area (Å²) in [5.74, 6) is 0.792. The van der Waals surface area contributed by atoms with Gasteiger partial charge in [-0.15, -0.1) is 0 Å². The zero-order valence-electron chi connectivity index (χ0n) is 13.6. The largest absolute Gasteiger partial charge is 0.491 e. The molecule has 0 fully saturated rings. The van der Waals surface area contributed by atoms with E-state index in [1.165, 1.54) is 0 Å². The number of aryl methyl sites for hydroxylation is 1. The van der Waals surface area contributed by atoms with E-state index < -0.39 is 0 Å². The van der Waals surface area contributed by atoms with Gasteiger partial charge in [0.1, 0.15) is 17.9 Å². The standard InChI is InChI=1S/C18H18N4O2/c1-12-10-24-16-6-4-3-5-13(16)9-22(12)18(23)14-7-15-17(19-8-14)21(2)11-20-15/h3-8,11-12H,9-10H2,1-2H3. The number of imidazole rings is 1. The quantitative estimate of drug-likeness (QED) is 0.690. The SMILES string of the molecule is CC1COc2ccccc2CN1C(=O)c1cnc2c(c1)ncn2C. The van der Waals surface area contributed by atoms with Gasteiger partial charge in [0.25, 0.3) is 5.91 Å². The summed E-state index contributed by atoms with van der Waals surface area (Å²) in [4.78, 5) is 23.5. The number of fused-ring (bicyclic) bond motifs is 2. The van der Waals surface area contributed by atoms with E-state index in [1.54, 1.807) is 18.6 Å². The molecule has 0 saturated heterocycles. The molecule has 122 valence electrons. The maximum absolute atomic E-state index is 13.0. The number of carbonyl (C=O) groups excluding carboxylic acids is 1. The second-order valence-corrected chi connectivity index (χ2v) is 6.12. The Labute approximate surface area is 139 Å². The van der Waals surface area contributed by atoms with Gasteiger partial charge in [-0.05, 0) is 19.1 Å². The van der Waals surface area contributed by atoms with Crippen molar-refractivity contribution in [2.75, 3.05) is 6.61 Å². The highest BCUT2D eigenvalue weighted by Gasteiger charge is 2.27. The van der Waals surface area contributed by atoms with Crippen LogP contribution in [0.25, 0.3) is 11.2 Å². The van der Waals surface area contributed by atoms with E-state index in [-0.39, 0.29) is 11.9 Å². The molecule has 24 heavy (non-hydrogen) atoms. The van der Waals surface area contributed by atoms with Crippen molar-refractivity contribution >= 4 is 17.1 Å². The normalized spacial score (nSPS) is 17.2. The molecule has 3 aromatic rings. The average Bonchev–Trinajstić information content (AvgIpc) is 2.88. The predicted octanol–water partition coefficient (Wildman–Crippen LogP) is 2.39. The van der Waals surface area contributed by atoms with Gasteiger partial charge in [0.15, 0.2) is 5.65 Å². The Morgan fingerprint density at radius 1 is 1.29 bits per heavy atom. The molecule has 0 aliphatic carbocycles. The van der Waals surface area contributed by atoms with Crippen molar-refractivity contribution in [2.45, 2.75) is 19.5 Å². The second kappa shape index (κ2) is 5.63. The van der Waals surface area contributed by atoms with Crippen LogP contribution < -0.4 is 4.74 Å². The summed E-state index contributed by atoms with van der Waals surface area (Å²) in [6.45, 7) is 2.99. The van der Waals surface area contributed by atoms with Crippen molar-refractivity contribution in [3.8, 4) is 5.75 Å². The van der Waals surface area contributed by atoms with E-state index in [4.69, 9.17) is 4.74 Å². The van der Waals surface area contributed by atoms with Crippen molar-refractivity contribution < 1.29 is 9.53 Å². The van der Waals surface area contributed by atoms with Gasteiger partial charge in [-0.2, -0.15) is 0 Å². The molecule has 6 nitrogen and oxygen atoms in total. The molecule has 2 aromatic heterocycles. The van der Waals surface area contributed by atoms with E-state index >= 15 is 0 Å². The van der Waals surface area contributed by atoms with E-state index in [1.807, 2.05) is 47.7 Å². The lowest BCUT2D eigenvalue weighted by Crippen LogP contribution is -2.39. The number of para-hydroxylation sites is 1. The summed E-state index contributed by atoms with van der Waals surface area (Å²) in [5.41, 5.74) is 3.06. The molecule has 3 heterocycles. The highest BCUT2D eigenvalue weighted by molar-refractivity contribution is 5.96. The fourth-order valence-corrected chi connectivity index (χ4v) is 2.99. The van der Waals surface area contributed by atoms with E-state index in [0.29, 0.717) is 18.7 Å². The number of aromatic nitrogens is 3. The molecule has 1 atom stereocenters. The van der Waals surface area contributed by atoms with Crippen LogP contribution in [0, 0.1) is 0 Å². The van der Waals surface area contributed by atoms with Crippen LogP contribution in [-0.4, -0.2) is 38.0 Å².